The van der Waals surface area contributed by atoms with Gasteiger partial charge in [-0.3, -0.25) is 24.2 Å². The number of allylic oxidation sites excluding steroid dienone is 1. The zero-order chi connectivity index (χ0) is 106. The molecule has 2 aliphatic carbocycles. The molecule has 0 radical (unpaired) electrons. The number of aromatic amines is 3. The lowest BCUT2D eigenvalue weighted by Gasteiger charge is -2.32. The number of fused-ring (bicyclic) bond motifs is 2. The van der Waals surface area contributed by atoms with Crippen LogP contribution in [0.1, 0.15) is 210 Å². The van der Waals surface area contributed by atoms with Gasteiger partial charge in [-0.2, -0.15) is 0 Å². The van der Waals surface area contributed by atoms with Gasteiger partial charge >= 0.3 is 38.4 Å². The Labute approximate surface area is 881 Å². The second-order valence-corrected chi connectivity index (χ2v) is 46.0. The molecule has 35 nitrogen and oxygen atoms in total. The van der Waals surface area contributed by atoms with Crippen molar-refractivity contribution in [2.75, 3.05) is 81.0 Å². The Hall–Kier alpha value is -11.4. The maximum Gasteiger partial charge on any atom is 0.488 e. The molecule has 12 heterocycles. The maximum atomic E-state index is 14.0. The summed E-state index contributed by atoms with van der Waals surface area (Å²) in [5, 5.41) is 15.4. The molecule has 148 heavy (non-hydrogen) atoms. The number of ether oxygens (including phenoxy) is 8. The second kappa shape index (κ2) is 43.2. The summed E-state index contributed by atoms with van der Waals surface area (Å²) in [6, 6.07) is 37.8. The normalized spacial score (nSPS) is 22.2. The van der Waals surface area contributed by atoms with E-state index >= 15 is 0 Å². The Morgan fingerprint density at radius 3 is 1.03 bits per heavy atom. The van der Waals surface area contributed by atoms with Crippen molar-refractivity contribution in [1.29, 1.82) is 0 Å². The van der Waals surface area contributed by atoms with Gasteiger partial charge in [0, 0.05) is 64.3 Å². The highest BCUT2D eigenvalue weighted by Gasteiger charge is 2.65. The number of carbonyl (C=O) groups excluding carboxylic acids is 8. The molecular formula is C109H137B2Br2N15O20. The number of rotatable bonds is 22. The predicted molar refractivity (Wildman–Crippen MR) is 567 cm³/mol. The quantitative estimate of drug-likeness (QED) is 0.0245. The van der Waals surface area contributed by atoms with E-state index in [0.29, 0.717) is 71.1 Å². The number of carbonyl (C=O) groups is 8. The number of likely N-dealkylation sites (tertiary alicyclic amines) is 4. The summed E-state index contributed by atoms with van der Waals surface area (Å²) in [6.07, 6.45) is 12.5. The number of imidazole rings is 3. The fraction of sp³-hybridized carbons (Fsp3) is 0.523. The molecule has 0 bridgehead atoms. The van der Waals surface area contributed by atoms with Gasteiger partial charge in [0.25, 0.3) is 0 Å². The van der Waals surface area contributed by atoms with E-state index in [9.17, 15) is 38.4 Å². The van der Waals surface area contributed by atoms with Gasteiger partial charge in [-0.15, -0.1) is 0 Å². The van der Waals surface area contributed by atoms with E-state index in [0.717, 1.165) is 137 Å². The number of alkyl carbamates (subject to hydrolysis) is 4. The monoisotopic (exact) mass is 2160 g/mol. The molecule has 3 aromatic heterocycles. The number of hydrogen-bond acceptors (Lipinski definition) is 24. The Kier molecular flexibility index (Phi) is 31.5. The molecular weight excluding hydrogens is 2020 g/mol. The predicted octanol–water partition coefficient (Wildman–Crippen LogP) is 18.2. The first-order chi connectivity index (χ1) is 70.3. The van der Waals surface area contributed by atoms with Crippen molar-refractivity contribution >= 4 is 127 Å². The zero-order valence-corrected chi connectivity index (χ0v) is 91.1. The van der Waals surface area contributed by atoms with Crippen molar-refractivity contribution in [3.8, 4) is 44.9 Å². The minimum Gasteiger partial charge on any atom is -0.453 e. The van der Waals surface area contributed by atoms with Gasteiger partial charge < -0.3 is 112 Å². The number of halogens is 2. The number of nitrogens with zero attached hydrogens (tertiary/aromatic N) is 8. The molecule has 8 saturated heterocycles. The number of amides is 8. The van der Waals surface area contributed by atoms with Crippen molar-refractivity contribution in [1.82, 2.24) is 70.8 Å². The van der Waals surface area contributed by atoms with Crippen LogP contribution in [0.3, 0.4) is 0 Å². The fourth-order valence-corrected chi connectivity index (χ4v) is 21.7. The molecule has 0 unspecified atom stereocenters. The lowest BCUT2D eigenvalue weighted by atomic mass is 9.49. The molecule has 7 N–H and O–H groups in total. The summed E-state index contributed by atoms with van der Waals surface area (Å²) >= 11 is 6.99. The van der Waals surface area contributed by atoms with E-state index in [1.54, 1.807) is 16.0 Å². The topological polar surface area (TPSA) is 407 Å². The lowest BCUT2D eigenvalue weighted by Crippen LogP contribution is -2.54. The average Bonchev–Trinajstić information content (AvgIpc) is 1.58. The highest BCUT2D eigenvalue weighted by molar-refractivity contribution is 9.10. The van der Waals surface area contributed by atoms with Crippen molar-refractivity contribution in [2.24, 2.45) is 39.5 Å². The van der Waals surface area contributed by atoms with Crippen LogP contribution < -0.4 is 21.3 Å². The largest absolute Gasteiger partial charge is 0.488 e. The molecule has 788 valence electrons. The van der Waals surface area contributed by atoms with E-state index in [-0.39, 0.29) is 105 Å². The van der Waals surface area contributed by atoms with Gasteiger partial charge in [-0.25, -0.2) is 34.1 Å². The fourth-order valence-electron chi connectivity index (χ4n) is 21.0. The number of methoxy groups -OCH3 is 4. The van der Waals surface area contributed by atoms with Crippen LogP contribution in [0.4, 0.5) is 19.2 Å². The number of H-pyrrole nitrogens is 3. The van der Waals surface area contributed by atoms with Gasteiger partial charge in [0.1, 0.15) is 41.6 Å². The second-order valence-electron chi connectivity index (χ2n) is 44.2. The molecule has 10 fully saturated rings. The summed E-state index contributed by atoms with van der Waals surface area (Å²) < 4.78 is 69.0. The third-order valence-electron chi connectivity index (χ3n) is 31.5. The van der Waals surface area contributed by atoms with Crippen LogP contribution in [0.15, 0.2) is 160 Å². The highest BCUT2D eigenvalue weighted by Crippen LogP contribution is 2.60. The summed E-state index contributed by atoms with van der Waals surface area (Å²) in [6.45, 7) is 35.2. The lowest BCUT2D eigenvalue weighted by molar-refractivity contribution is -0.153. The van der Waals surface area contributed by atoms with E-state index in [2.05, 4.69) is 159 Å². The van der Waals surface area contributed by atoms with Crippen molar-refractivity contribution in [3.63, 3.8) is 0 Å². The Balaban J connectivity index is 0.000000149. The van der Waals surface area contributed by atoms with Crippen LogP contribution >= 0.6 is 31.9 Å². The van der Waals surface area contributed by atoms with E-state index in [4.69, 9.17) is 76.5 Å². The number of hydrogen-bond donors (Lipinski definition) is 7. The van der Waals surface area contributed by atoms with Crippen molar-refractivity contribution < 1.29 is 94.9 Å². The molecule has 2 saturated carbocycles. The van der Waals surface area contributed by atoms with Gasteiger partial charge in [-0.1, -0.05) is 166 Å². The van der Waals surface area contributed by atoms with Crippen LogP contribution in [0.2, 0.25) is 0 Å². The van der Waals surface area contributed by atoms with Crippen LogP contribution in [0, 0.1) is 34.5 Å². The molecule has 11 aliphatic rings. The van der Waals surface area contributed by atoms with Crippen molar-refractivity contribution in [3.05, 3.63) is 178 Å². The number of aliphatic imine (C=N–C) groups is 1. The third kappa shape index (κ3) is 23.1. The molecule has 6 aromatic carbocycles. The summed E-state index contributed by atoms with van der Waals surface area (Å²) in [5.41, 5.74) is 9.66. The Bertz CT molecular complexity index is 6420. The first-order valence-corrected chi connectivity index (χ1v) is 52.7. The van der Waals surface area contributed by atoms with Gasteiger partial charge in [0.05, 0.1) is 150 Å². The van der Waals surface area contributed by atoms with E-state index in [1.165, 1.54) is 33.8 Å². The number of nitrogens with one attached hydrogen (secondary N) is 7. The molecule has 9 aliphatic heterocycles. The summed E-state index contributed by atoms with van der Waals surface area (Å²) in [4.78, 5) is 140. The van der Waals surface area contributed by atoms with Crippen LogP contribution in [0.25, 0.3) is 72.0 Å². The Morgan fingerprint density at radius 2 is 0.669 bits per heavy atom. The van der Waals surface area contributed by atoms with Gasteiger partial charge in [-0.05, 0) is 220 Å². The summed E-state index contributed by atoms with van der Waals surface area (Å²) in [7, 11) is 4.22. The van der Waals surface area contributed by atoms with Crippen LogP contribution in [-0.2, 0) is 75.7 Å². The third-order valence-corrected chi connectivity index (χ3v) is 32.5. The SMILES string of the molecule is CC1(C)OB(B2OC(C)(C)C(C)(C)O2)OC1(C)C.COC(=O)N[C@H](C(=O)N1CC2(CC2)C[C@H]1c1ncc(-c2ccc3cc(-c4ccc(-c5cnc([C@@H]6CC7(CN6C(=O)[C@@H](NC(=O)OC)C(C)C)OCCO7)[nH]5)cc4)ccc3c2)[nH]1)C(C)C.COC(=O)N[C@H](C(=O)N1CC2(CC2)C[C@H]1c1ncc(-c2ccc3cc(Br)ccc3c2)[nH]1)C(C)C.COC(=O)N[C@H](C(=O)N1CC2(C[C@H]1C1=NC=C(c3ccc(Br)cc3)C1)OCCO2)C(C)C. The van der Waals surface area contributed by atoms with E-state index in [1.807, 2.05) is 170 Å². The average molecular weight is 2160 g/mol. The van der Waals surface area contributed by atoms with Gasteiger partial charge in [0.2, 0.25) is 23.6 Å². The minimum atomic E-state index is -0.934. The minimum absolute atomic E-state index is 0.0622. The maximum absolute atomic E-state index is 14.0. The van der Waals surface area contributed by atoms with Gasteiger partial charge in [0.15, 0.2) is 11.6 Å². The molecule has 8 atom stereocenters. The number of aromatic nitrogens is 6. The first-order valence-electron chi connectivity index (χ1n) is 51.1. The van der Waals surface area contributed by atoms with Crippen LogP contribution in [0.5, 0.6) is 0 Å². The molecule has 20 rings (SSSR count). The standard InChI is InChI=1S/C48H56N8O8.C26H29BrN4O3.C23H28BrN3O5.C12H24B2O4/c1-27(2)39(53-45(59)61-5)43(57)55-25-47(15-16-47)21-37(55)41-50-24-36(52-41)34-14-13-32-19-31(11-12-33(32)20-34)29-7-9-30(10-8-29)35-23-49-42(51-35)38-22-48(63-17-18-64-48)26-56(38)44(58)40(28(3)4)54-46(60)62-6;1-15(2)22(30-25(33)34-3)24(32)31-14-26(8-9-26)12-21(31)23-28-13-20(29-23)18-5-4-17-11-19(27)7-6-16(17)10-18;1-14(2)20(26-22(29)30-3)21(28)27-13-23(31-8-9-32-23)11-19(27)18-10-16(12-25-18)15-4-6-17(24)7-5-15;1-9(2)10(3,4)16-13(15-9)14-17-11(5,6)12(7,8)18-14/h7-14,19-20,23-24,27-28,37-40H,15-18,21-22,25-26H2,1-6H3,(H,49,51)(H,50,52)(H,53,59)(H,54,60);4-7,10-11,13,15,21-22H,8-9,12,14H2,1-3H3,(H,28,29)(H,30,33);4-7,12,14,19-20H,8-11,13H2,1-3H3,(H,26,29);1-8H3/t37-,38-,39-,40-;21-,22-;19-,20-;/m000./s1. The van der Waals surface area contributed by atoms with E-state index < -0.39 is 80.2 Å². The molecule has 4 spiro atoms. The molecule has 9 aromatic rings. The Morgan fingerprint density at radius 1 is 0.372 bits per heavy atom. The zero-order valence-electron chi connectivity index (χ0n) is 88.0. The number of benzene rings is 6. The van der Waals surface area contributed by atoms with Crippen LogP contribution in [-0.4, -0.2) is 262 Å². The molecule has 8 amide bonds. The first kappa shape index (κ1) is 108. The summed E-state index contributed by atoms with van der Waals surface area (Å²) in [5.74, 6) is -0.731. The molecule has 39 heteroatoms. The van der Waals surface area contributed by atoms with Crippen molar-refractivity contribution in [2.45, 2.75) is 251 Å². The highest BCUT2D eigenvalue weighted by atomic mass is 79.9. The smallest absolute Gasteiger partial charge is 0.453 e.